The molecule has 0 saturated heterocycles. The van der Waals surface area contributed by atoms with E-state index in [2.05, 4.69) is 19.2 Å². The van der Waals surface area contributed by atoms with E-state index in [0.29, 0.717) is 12.5 Å². The molecule has 25 heavy (non-hydrogen) atoms. The number of rotatable bonds is 7. The Hall–Kier alpha value is -2.56. The van der Waals surface area contributed by atoms with Crippen LogP contribution in [0.4, 0.5) is 5.69 Å². The Morgan fingerprint density at radius 1 is 1.24 bits per heavy atom. The van der Waals surface area contributed by atoms with E-state index in [0.717, 1.165) is 23.2 Å². The maximum atomic E-state index is 12.5. The van der Waals surface area contributed by atoms with E-state index < -0.39 is 0 Å². The molecule has 0 aliphatic heterocycles. The second-order valence-electron chi connectivity index (χ2n) is 6.40. The van der Waals surface area contributed by atoms with Crippen molar-refractivity contribution in [2.24, 2.45) is 0 Å². The number of carbonyl (C=O) groups is 1. The van der Waals surface area contributed by atoms with Crippen molar-refractivity contribution in [1.82, 2.24) is 4.57 Å². The van der Waals surface area contributed by atoms with Crippen LogP contribution in [0.2, 0.25) is 0 Å². The van der Waals surface area contributed by atoms with Crippen LogP contribution >= 0.6 is 0 Å². The summed E-state index contributed by atoms with van der Waals surface area (Å²) in [4.78, 5) is 24.8. The average molecular weight is 342 g/mol. The second-order valence-corrected chi connectivity index (χ2v) is 6.40. The van der Waals surface area contributed by atoms with E-state index in [4.69, 9.17) is 4.74 Å². The molecule has 1 heterocycles. The molecule has 0 saturated carbocycles. The SMILES string of the molecule is CCCOc1cccn(CC(=O)Nc2c(C)cccc2C(C)C)c1=O. The molecule has 1 amide bonds. The number of anilines is 1. The molecule has 1 N–H and O–H groups in total. The topological polar surface area (TPSA) is 60.3 Å². The summed E-state index contributed by atoms with van der Waals surface area (Å²) in [6.45, 7) is 8.55. The van der Waals surface area contributed by atoms with Crippen LogP contribution in [-0.4, -0.2) is 17.1 Å². The largest absolute Gasteiger partial charge is 0.488 e. The van der Waals surface area contributed by atoms with E-state index in [1.54, 1.807) is 18.3 Å². The van der Waals surface area contributed by atoms with Gasteiger partial charge in [0.2, 0.25) is 5.91 Å². The molecular formula is C20H26N2O3. The third-order valence-corrected chi connectivity index (χ3v) is 3.95. The van der Waals surface area contributed by atoms with Gasteiger partial charge in [-0.1, -0.05) is 39.0 Å². The van der Waals surface area contributed by atoms with Crippen LogP contribution in [0.15, 0.2) is 41.3 Å². The van der Waals surface area contributed by atoms with Crippen LogP contribution in [0.3, 0.4) is 0 Å². The number of amides is 1. The van der Waals surface area contributed by atoms with E-state index in [1.165, 1.54) is 4.57 Å². The summed E-state index contributed by atoms with van der Waals surface area (Å²) in [5, 5.41) is 2.96. The molecular weight excluding hydrogens is 316 g/mol. The number of nitrogens with one attached hydrogen (secondary N) is 1. The minimum atomic E-state index is -0.292. The van der Waals surface area contributed by atoms with Crippen LogP contribution in [0.1, 0.15) is 44.2 Å². The predicted molar refractivity (Wildman–Crippen MR) is 100 cm³/mol. The van der Waals surface area contributed by atoms with Gasteiger partial charge in [0.25, 0.3) is 5.56 Å². The van der Waals surface area contributed by atoms with Gasteiger partial charge in [0.15, 0.2) is 5.75 Å². The molecule has 0 radical (unpaired) electrons. The second kappa shape index (κ2) is 8.51. The number of ether oxygens (including phenoxy) is 1. The number of hydrogen-bond donors (Lipinski definition) is 1. The van der Waals surface area contributed by atoms with Gasteiger partial charge in [-0.2, -0.15) is 0 Å². The number of aromatic nitrogens is 1. The summed E-state index contributed by atoms with van der Waals surface area (Å²) in [6.07, 6.45) is 2.42. The molecule has 2 aromatic rings. The molecule has 0 aliphatic carbocycles. The summed E-state index contributed by atoms with van der Waals surface area (Å²) >= 11 is 0. The number of benzene rings is 1. The van der Waals surface area contributed by atoms with E-state index in [9.17, 15) is 9.59 Å². The molecule has 0 spiro atoms. The average Bonchev–Trinajstić information content (AvgIpc) is 2.57. The quantitative estimate of drug-likeness (QED) is 0.834. The van der Waals surface area contributed by atoms with Crippen molar-refractivity contribution in [1.29, 1.82) is 0 Å². The summed E-state index contributed by atoms with van der Waals surface area (Å²) in [6, 6.07) is 9.31. The highest BCUT2D eigenvalue weighted by Crippen LogP contribution is 2.27. The lowest BCUT2D eigenvalue weighted by atomic mass is 9.98. The maximum absolute atomic E-state index is 12.5. The molecule has 2 rings (SSSR count). The standard InChI is InChI=1S/C20H26N2O3/c1-5-12-25-17-10-7-11-22(20(17)24)13-18(23)21-19-15(4)8-6-9-16(19)14(2)3/h6-11,14H,5,12-13H2,1-4H3,(H,21,23). The molecule has 1 aromatic carbocycles. The van der Waals surface area contributed by atoms with Gasteiger partial charge in [-0.25, -0.2) is 0 Å². The molecule has 5 nitrogen and oxygen atoms in total. The number of nitrogens with zero attached hydrogens (tertiary/aromatic N) is 1. The van der Waals surface area contributed by atoms with Gasteiger partial charge in [-0.05, 0) is 42.5 Å². The van der Waals surface area contributed by atoms with E-state index in [1.807, 2.05) is 32.0 Å². The Morgan fingerprint density at radius 3 is 2.68 bits per heavy atom. The smallest absolute Gasteiger partial charge is 0.293 e. The molecule has 0 atom stereocenters. The Morgan fingerprint density at radius 2 is 2.00 bits per heavy atom. The number of hydrogen-bond acceptors (Lipinski definition) is 3. The Balaban J connectivity index is 2.18. The lowest BCUT2D eigenvalue weighted by molar-refractivity contribution is -0.116. The molecule has 0 unspecified atom stereocenters. The number of pyridine rings is 1. The van der Waals surface area contributed by atoms with Crippen molar-refractivity contribution < 1.29 is 9.53 Å². The van der Waals surface area contributed by atoms with Gasteiger partial charge >= 0.3 is 0 Å². The monoisotopic (exact) mass is 342 g/mol. The third-order valence-electron chi connectivity index (χ3n) is 3.95. The van der Waals surface area contributed by atoms with E-state index in [-0.39, 0.29) is 23.8 Å². The molecule has 0 fully saturated rings. The fraction of sp³-hybridized carbons (Fsp3) is 0.400. The summed E-state index contributed by atoms with van der Waals surface area (Å²) in [5.41, 5.74) is 2.63. The Bertz CT molecular complexity index is 794. The van der Waals surface area contributed by atoms with Gasteiger partial charge in [-0.3, -0.25) is 9.59 Å². The Labute approximate surface area is 148 Å². The van der Waals surface area contributed by atoms with Crippen molar-refractivity contribution in [2.45, 2.75) is 46.6 Å². The first-order valence-electron chi connectivity index (χ1n) is 8.65. The lowest BCUT2D eigenvalue weighted by Crippen LogP contribution is -2.28. The van der Waals surface area contributed by atoms with Crippen LogP contribution in [-0.2, 0) is 11.3 Å². The van der Waals surface area contributed by atoms with Gasteiger partial charge < -0.3 is 14.6 Å². The zero-order valence-electron chi connectivity index (χ0n) is 15.3. The summed E-state index contributed by atoms with van der Waals surface area (Å²) < 4.78 is 6.80. The van der Waals surface area contributed by atoms with E-state index >= 15 is 0 Å². The molecule has 5 heteroatoms. The predicted octanol–water partition coefficient (Wildman–Crippen LogP) is 3.71. The number of para-hydroxylation sites is 1. The fourth-order valence-corrected chi connectivity index (χ4v) is 2.64. The van der Waals surface area contributed by atoms with Crippen molar-refractivity contribution in [3.8, 4) is 5.75 Å². The normalized spacial score (nSPS) is 10.8. The highest BCUT2D eigenvalue weighted by molar-refractivity contribution is 5.92. The number of aryl methyl sites for hydroxylation is 1. The van der Waals surface area contributed by atoms with Crippen LogP contribution in [0, 0.1) is 6.92 Å². The minimum Gasteiger partial charge on any atom is -0.488 e. The molecule has 0 bridgehead atoms. The van der Waals surface area contributed by atoms with Gasteiger partial charge in [0.1, 0.15) is 6.54 Å². The molecule has 1 aromatic heterocycles. The van der Waals surface area contributed by atoms with Crippen LogP contribution in [0.25, 0.3) is 0 Å². The van der Waals surface area contributed by atoms with Crippen molar-refractivity contribution in [2.75, 3.05) is 11.9 Å². The van der Waals surface area contributed by atoms with Crippen molar-refractivity contribution in [3.63, 3.8) is 0 Å². The van der Waals surface area contributed by atoms with Crippen LogP contribution < -0.4 is 15.6 Å². The first-order chi connectivity index (χ1) is 11.9. The zero-order valence-corrected chi connectivity index (χ0v) is 15.3. The van der Waals surface area contributed by atoms with Crippen molar-refractivity contribution >= 4 is 11.6 Å². The maximum Gasteiger partial charge on any atom is 0.293 e. The first-order valence-corrected chi connectivity index (χ1v) is 8.65. The van der Waals surface area contributed by atoms with Gasteiger partial charge in [0.05, 0.1) is 6.61 Å². The highest BCUT2D eigenvalue weighted by Gasteiger charge is 2.13. The number of carbonyl (C=O) groups excluding carboxylic acids is 1. The first kappa shape index (κ1) is 18.8. The highest BCUT2D eigenvalue weighted by atomic mass is 16.5. The van der Waals surface area contributed by atoms with Gasteiger partial charge in [0, 0.05) is 11.9 Å². The summed E-state index contributed by atoms with van der Waals surface area (Å²) in [5.74, 6) is 0.338. The van der Waals surface area contributed by atoms with Crippen molar-refractivity contribution in [3.05, 3.63) is 58.0 Å². The Kier molecular flexibility index (Phi) is 6.39. The fourth-order valence-electron chi connectivity index (χ4n) is 2.64. The lowest BCUT2D eigenvalue weighted by Gasteiger charge is -2.17. The van der Waals surface area contributed by atoms with Crippen LogP contribution in [0.5, 0.6) is 5.75 Å². The zero-order chi connectivity index (χ0) is 18.4. The third kappa shape index (κ3) is 4.72. The summed E-state index contributed by atoms with van der Waals surface area (Å²) in [7, 11) is 0. The van der Waals surface area contributed by atoms with Gasteiger partial charge in [-0.15, -0.1) is 0 Å². The molecule has 134 valence electrons. The minimum absolute atomic E-state index is 0.0476. The molecule has 0 aliphatic rings.